The summed E-state index contributed by atoms with van der Waals surface area (Å²) in [7, 11) is -0.821. The zero-order valence-electron chi connectivity index (χ0n) is 16.0. The third kappa shape index (κ3) is 2.61. The normalized spacial score (nSPS) is 12.2. The summed E-state index contributed by atoms with van der Waals surface area (Å²) in [5.74, 6) is 0. The van der Waals surface area contributed by atoms with Gasteiger partial charge in [0.05, 0.1) is 5.52 Å². The molecule has 0 fully saturated rings. The first-order valence-electron chi connectivity index (χ1n) is 8.91. The highest BCUT2D eigenvalue weighted by molar-refractivity contribution is 7.89. The molecule has 0 amide bonds. The molecule has 5 rings (SSSR count). The van der Waals surface area contributed by atoms with E-state index in [1.807, 2.05) is 24.3 Å². The summed E-state index contributed by atoms with van der Waals surface area (Å²) >= 11 is 0. The molecular formula is C18H16N8O3S. The van der Waals surface area contributed by atoms with Gasteiger partial charge in [0.25, 0.3) is 5.16 Å². The first kappa shape index (κ1) is 18.4. The smallest absolute Gasteiger partial charge is 0.318 e. The van der Waals surface area contributed by atoms with Crippen molar-refractivity contribution in [3.63, 3.8) is 0 Å². The van der Waals surface area contributed by atoms with Crippen molar-refractivity contribution in [2.75, 3.05) is 7.11 Å². The molecular weight excluding hydrogens is 408 g/mol. The van der Waals surface area contributed by atoms with E-state index in [0.717, 1.165) is 15.2 Å². The monoisotopic (exact) mass is 424 g/mol. The predicted octanol–water partition coefficient (Wildman–Crippen LogP) is 1.42. The highest BCUT2D eigenvalue weighted by Crippen LogP contribution is 2.32. The Bertz CT molecular complexity index is 1500. The van der Waals surface area contributed by atoms with Crippen LogP contribution < -0.4 is 0 Å². The van der Waals surface area contributed by atoms with Crippen molar-refractivity contribution in [2.45, 2.75) is 11.9 Å². The van der Waals surface area contributed by atoms with Gasteiger partial charge in [-0.05, 0) is 12.1 Å². The molecule has 2 aromatic carbocycles. The fourth-order valence-electron chi connectivity index (χ4n) is 3.42. The third-order valence-electron chi connectivity index (χ3n) is 4.77. The van der Waals surface area contributed by atoms with Crippen molar-refractivity contribution in [3.8, 4) is 11.1 Å². The lowest BCUT2D eigenvalue weighted by Gasteiger charge is -2.06. The van der Waals surface area contributed by atoms with Crippen LogP contribution in [0.4, 0.5) is 0 Å². The Balaban J connectivity index is 1.72. The molecule has 3 heterocycles. The van der Waals surface area contributed by atoms with Crippen molar-refractivity contribution in [1.82, 2.24) is 38.9 Å². The van der Waals surface area contributed by atoms with Crippen molar-refractivity contribution in [3.05, 3.63) is 48.8 Å². The number of nitrogens with zero attached hydrogens (tertiary/aromatic N) is 8. The van der Waals surface area contributed by atoms with Gasteiger partial charge in [-0.25, -0.2) is 9.67 Å². The first-order valence-corrected chi connectivity index (χ1v) is 10.3. The summed E-state index contributed by atoms with van der Waals surface area (Å²) in [4.78, 5) is 3.95. The third-order valence-corrected chi connectivity index (χ3v) is 6.35. The van der Waals surface area contributed by atoms with E-state index in [1.54, 1.807) is 37.2 Å². The molecule has 0 aliphatic heterocycles. The summed E-state index contributed by atoms with van der Waals surface area (Å²) in [6.45, 7) is 0.266. The van der Waals surface area contributed by atoms with Crippen LogP contribution in [0, 0.1) is 0 Å². The van der Waals surface area contributed by atoms with Crippen molar-refractivity contribution >= 4 is 32.1 Å². The van der Waals surface area contributed by atoms with Gasteiger partial charge in [0.1, 0.15) is 23.3 Å². The molecule has 0 bridgehead atoms. The Labute approximate surface area is 170 Å². The Kier molecular flexibility index (Phi) is 4.11. The van der Waals surface area contributed by atoms with Crippen LogP contribution in [0.25, 0.3) is 33.2 Å². The fraction of sp³-hybridized carbons (Fsp3) is 0.167. The van der Waals surface area contributed by atoms with Crippen LogP contribution >= 0.6 is 0 Å². The molecule has 0 spiro atoms. The molecule has 0 radical (unpaired) electrons. The lowest BCUT2D eigenvalue weighted by molar-refractivity contribution is 0.122. The molecule has 0 atom stereocenters. The van der Waals surface area contributed by atoms with Crippen molar-refractivity contribution in [1.29, 1.82) is 0 Å². The van der Waals surface area contributed by atoms with Gasteiger partial charge < -0.3 is 9.30 Å². The lowest BCUT2D eigenvalue weighted by atomic mass is 10.0. The number of imidazole rings is 1. The van der Waals surface area contributed by atoms with E-state index in [1.165, 1.54) is 10.8 Å². The quantitative estimate of drug-likeness (QED) is 0.415. The summed E-state index contributed by atoms with van der Waals surface area (Å²) in [6.07, 6.45) is 2.98. The lowest BCUT2D eigenvalue weighted by Crippen LogP contribution is -2.18. The minimum absolute atomic E-state index is 0.121. The second-order valence-electron chi connectivity index (χ2n) is 6.61. The Morgan fingerprint density at radius 1 is 0.967 bits per heavy atom. The molecule has 0 aliphatic carbocycles. The van der Waals surface area contributed by atoms with Crippen LogP contribution in [0.5, 0.6) is 0 Å². The first-order chi connectivity index (χ1) is 14.5. The van der Waals surface area contributed by atoms with Crippen LogP contribution in [0.15, 0.2) is 53.9 Å². The molecule has 0 saturated carbocycles. The minimum Gasteiger partial charge on any atom is -0.362 e. The summed E-state index contributed by atoms with van der Waals surface area (Å²) in [5, 5.41) is 16.4. The highest BCUT2D eigenvalue weighted by atomic mass is 32.2. The second kappa shape index (κ2) is 6.71. The number of aromatic nitrogens is 8. The van der Waals surface area contributed by atoms with E-state index in [-0.39, 0.29) is 11.9 Å². The van der Waals surface area contributed by atoms with Crippen molar-refractivity contribution < 1.29 is 13.2 Å². The number of hydrogen-bond donors (Lipinski definition) is 0. The van der Waals surface area contributed by atoms with E-state index in [0.29, 0.717) is 22.1 Å². The average Bonchev–Trinajstić information content (AvgIpc) is 3.46. The van der Waals surface area contributed by atoms with Gasteiger partial charge in [0.2, 0.25) is 0 Å². The molecule has 152 valence electrons. The van der Waals surface area contributed by atoms with Gasteiger partial charge >= 0.3 is 10.0 Å². The van der Waals surface area contributed by atoms with Gasteiger partial charge in [0, 0.05) is 37.7 Å². The van der Waals surface area contributed by atoms with Gasteiger partial charge in [-0.2, -0.15) is 8.42 Å². The predicted molar refractivity (Wildman–Crippen MR) is 107 cm³/mol. The van der Waals surface area contributed by atoms with E-state index in [4.69, 9.17) is 4.74 Å². The van der Waals surface area contributed by atoms with Crippen LogP contribution in [0.2, 0.25) is 0 Å². The maximum absolute atomic E-state index is 13.1. The fourth-order valence-corrected chi connectivity index (χ4v) is 4.74. The average molecular weight is 424 g/mol. The van der Waals surface area contributed by atoms with Crippen LogP contribution in [0.1, 0.15) is 0 Å². The number of methoxy groups -OCH3 is 1. The molecule has 3 aromatic heterocycles. The summed E-state index contributed by atoms with van der Waals surface area (Å²) < 4.78 is 35.2. The molecule has 11 nitrogen and oxygen atoms in total. The van der Waals surface area contributed by atoms with E-state index in [2.05, 4.69) is 25.6 Å². The molecule has 0 unspecified atom stereocenters. The zero-order chi connectivity index (χ0) is 20.9. The zero-order valence-corrected chi connectivity index (χ0v) is 16.9. The van der Waals surface area contributed by atoms with Crippen LogP contribution in [-0.4, -0.2) is 54.5 Å². The van der Waals surface area contributed by atoms with Gasteiger partial charge in [-0.1, -0.05) is 34.7 Å². The number of fused-ring (bicyclic) bond motifs is 2. The molecule has 12 heteroatoms. The van der Waals surface area contributed by atoms with Crippen LogP contribution in [0.3, 0.4) is 0 Å². The van der Waals surface area contributed by atoms with Gasteiger partial charge in [-0.15, -0.1) is 14.3 Å². The second-order valence-corrected chi connectivity index (χ2v) is 8.27. The number of rotatable bonds is 5. The molecule has 0 saturated heterocycles. The number of ether oxygens (including phenoxy) is 1. The molecule has 0 N–H and O–H groups in total. The topological polar surface area (TPSA) is 123 Å². The van der Waals surface area contributed by atoms with Gasteiger partial charge in [-0.3, -0.25) is 0 Å². The van der Waals surface area contributed by atoms with Crippen molar-refractivity contribution in [2.24, 2.45) is 7.05 Å². The Morgan fingerprint density at radius 2 is 1.63 bits per heavy atom. The number of benzene rings is 2. The summed E-state index contributed by atoms with van der Waals surface area (Å²) in [5.41, 5.74) is 3.69. The summed E-state index contributed by atoms with van der Waals surface area (Å²) in [6, 6.07) is 10.9. The van der Waals surface area contributed by atoms with Crippen LogP contribution in [-0.2, 0) is 28.5 Å². The number of hydrogen-bond acceptors (Lipinski definition) is 8. The Hall–Kier alpha value is -3.64. The maximum Gasteiger partial charge on any atom is 0.318 e. The SMILES string of the molecule is COCn1nnc2c(-c3cccc4c3nnn4S(=O)(=O)c3nccn3C)cccc21. The van der Waals surface area contributed by atoms with E-state index < -0.39 is 10.0 Å². The molecule has 0 aliphatic rings. The van der Waals surface area contributed by atoms with E-state index >= 15 is 0 Å². The van der Waals surface area contributed by atoms with E-state index in [9.17, 15) is 8.42 Å². The van der Waals surface area contributed by atoms with Gasteiger partial charge in [0.15, 0.2) is 0 Å². The standard InChI is InChI=1S/C18H16N8O3S/c1-24-10-9-19-18(24)30(27,28)26-15-8-4-6-13(17(15)21-23-26)12-5-3-7-14-16(12)20-22-25(14)11-29-2/h3-10H,11H2,1-2H3. The molecule has 30 heavy (non-hydrogen) atoms. The largest absolute Gasteiger partial charge is 0.362 e. The minimum atomic E-state index is -4.01. The maximum atomic E-state index is 13.1. The number of aryl methyl sites for hydroxylation is 1. The Morgan fingerprint density at radius 3 is 2.30 bits per heavy atom. The molecule has 5 aromatic rings. The highest BCUT2D eigenvalue weighted by Gasteiger charge is 2.26.